The monoisotopic (exact) mass is 1930 g/mol. The predicted octanol–water partition coefficient (Wildman–Crippen LogP) is 3.59. The lowest BCUT2D eigenvalue weighted by molar-refractivity contribution is -0.142. The fourth-order valence-corrected chi connectivity index (χ4v) is 15.7. The summed E-state index contributed by atoms with van der Waals surface area (Å²) in [6.07, 6.45) is 7.78. The number of aliphatic carboxylic acids is 2. The first-order chi connectivity index (χ1) is 63.4. The zero-order valence-corrected chi connectivity index (χ0v) is 77.8. The van der Waals surface area contributed by atoms with Gasteiger partial charge in [0.25, 0.3) is 0 Å². The molecule has 4 aromatic carbocycles. The Balaban J connectivity index is 0.00000188. The molecule has 0 saturated carbocycles. The number of hydrogen-bond donors (Lipinski definition) is 16. The Bertz CT molecular complexity index is 4030. The third kappa shape index (κ3) is 57.2. The van der Waals surface area contributed by atoms with Gasteiger partial charge in [0.05, 0.1) is 138 Å². The van der Waals surface area contributed by atoms with Gasteiger partial charge in [-0.05, 0) is 66.8 Å². The molecule has 4 aromatic rings. The Morgan fingerprint density at radius 1 is 0.379 bits per heavy atom. The average Bonchev–Trinajstić information content (AvgIpc) is 0.783. The number of unbranched alkanes of at least 4 members (excludes halogenated alkanes) is 7. The Kier molecular flexibility index (Phi) is 62.9. The molecule has 0 saturated heterocycles. The Labute approximate surface area is 768 Å². The minimum atomic E-state index is -5.03. The molecule has 46 heteroatoms. The minimum Gasteiger partial charge on any atom is -0.481 e. The highest BCUT2D eigenvalue weighted by Gasteiger charge is 2.44. The fourth-order valence-electron chi connectivity index (χ4n) is 11.7. The van der Waals surface area contributed by atoms with Gasteiger partial charge in [0.1, 0.15) is 54.6 Å². The molecule has 16 N–H and O–H groups in total. The number of aliphatic hydroxyl groups excluding tert-OH is 2. The van der Waals surface area contributed by atoms with Crippen LogP contribution in [0.25, 0.3) is 0 Å². The summed E-state index contributed by atoms with van der Waals surface area (Å²) in [6.45, 7) is 5.93. The van der Waals surface area contributed by atoms with Crippen LogP contribution in [0.2, 0.25) is 0 Å². The smallest absolute Gasteiger partial charge is 0.481 e. The maximum atomic E-state index is 15.4. The Morgan fingerprint density at radius 3 is 1.33 bits per heavy atom. The zero-order chi connectivity index (χ0) is 96.9. The molecule has 132 heavy (non-hydrogen) atoms. The van der Waals surface area contributed by atoms with Crippen LogP contribution in [-0.4, -0.2) is 309 Å². The van der Waals surface area contributed by atoms with E-state index in [-0.39, 0.29) is 185 Å². The van der Waals surface area contributed by atoms with E-state index in [1.54, 1.807) is 73.8 Å². The number of para-hydroxylation sites is 2. The van der Waals surface area contributed by atoms with Crippen LogP contribution in [0.3, 0.4) is 0 Å². The lowest BCUT2D eigenvalue weighted by Crippen LogP contribution is -2.59. The van der Waals surface area contributed by atoms with Crippen molar-refractivity contribution in [1.29, 1.82) is 0 Å². The number of carboxylic acid groups (broad SMARTS) is 2. The van der Waals surface area contributed by atoms with Crippen molar-refractivity contribution in [1.82, 2.24) is 47.9 Å². The van der Waals surface area contributed by atoms with E-state index in [1.165, 1.54) is 74.9 Å². The summed E-state index contributed by atoms with van der Waals surface area (Å²) in [5.41, 5.74) is 0.543. The van der Waals surface area contributed by atoms with Crippen molar-refractivity contribution in [2.75, 3.05) is 184 Å². The number of amides is 9. The van der Waals surface area contributed by atoms with Gasteiger partial charge in [-0.25, -0.2) is 9.13 Å². The average molecular weight is 1930 g/mol. The van der Waals surface area contributed by atoms with Gasteiger partial charge < -0.3 is 134 Å². The normalized spacial score (nSPS) is 13.1. The molecule has 9 amide bonds. The number of phosphoric acid groups is 1. The molecule has 0 aliphatic rings. The summed E-state index contributed by atoms with van der Waals surface area (Å²) in [5, 5.41) is 61.2. The standard InChI is InChI=1S/C74H112N8O27P2.C12H22NO7P/c1-3-4-5-6-7-8-9-19-31-75-68(87)55-105-49-47-103-45-46-104-48-50-106-56-69(88)78-63(52-67(86)76-32-35-99-40-43-101-38-37-97-2)70(89)77-33-36-100-41-44-102-42-39-98-34-30-66(85)79-64(53-83)72(91)81-65(54-84)73(92)80-62(51-57-20-13-10-14-21-57)71(90)82-74(58-26-28-61(29-27-58)109-111(94,95)96)110(93,107-59-22-15-11-16-23-59)108-60-24-17-12-18-25-60;1-2-6-13-10(14)5-7-21(19,20)8-9(12(17)18)3-4-11(15)16/h10-18,20-29,62-65,74,83-84H,3-9,19,30-56H2,1-2H3,(H,75,87)(H,76,86)(H,77,89)(H,78,88)(H,79,85)(H,80,92)(H,81,91)(H,82,90)(H2,94,95,96);9H,2-8H2,1H3,(H,13,14)(H,15,16)(H,17,18)(H,19,20). The lowest BCUT2D eigenvalue weighted by atomic mass is 10.0. The lowest BCUT2D eigenvalue weighted by Gasteiger charge is -2.30. The quantitative estimate of drug-likeness (QED) is 0.0222. The minimum absolute atomic E-state index is 0.00484. The first-order valence-corrected chi connectivity index (χ1v) is 48.8. The zero-order valence-electron chi connectivity index (χ0n) is 75.1. The number of phosphoric ester groups is 1. The highest BCUT2D eigenvalue weighted by atomic mass is 31.2. The summed E-state index contributed by atoms with van der Waals surface area (Å²) >= 11 is 0. The first-order valence-electron chi connectivity index (χ1n) is 43.6. The van der Waals surface area contributed by atoms with Crippen molar-refractivity contribution in [3.63, 3.8) is 0 Å². The molecule has 7 atom stereocenters. The van der Waals surface area contributed by atoms with Crippen LogP contribution in [0.5, 0.6) is 17.2 Å². The van der Waals surface area contributed by atoms with Crippen LogP contribution in [0.15, 0.2) is 115 Å². The van der Waals surface area contributed by atoms with E-state index in [0.717, 1.165) is 31.4 Å². The molecule has 0 fully saturated rings. The van der Waals surface area contributed by atoms with Crippen LogP contribution in [0, 0.1) is 5.92 Å². The molecule has 4 rings (SSSR count). The van der Waals surface area contributed by atoms with Crippen LogP contribution in [0.4, 0.5) is 0 Å². The van der Waals surface area contributed by atoms with Gasteiger partial charge in [-0.2, -0.15) is 0 Å². The third-order valence-electron chi connectivity index (χ3n) is 18.5. The van der Waals surface area contributed by atoms with Crippen LogP contribution >= 0.6 is 22.8 Å². The number of methoxy groups -OCH3 is 1. The molecule has 7 unspecified atom stereocenters. The molecule has 0 radical (unpaired) electrons. The van der Waals surface area contributed by atoms with E-state index >= 15 is 4.57 Å². The van der Waals surface area contributed by atoms with E-state index < -0.39 is 144 Å². The second-order valence-corrected chi connectivity index (χ2v) is 35.1. The van der Waals surface area contributed by atoms with Crippen LogP contribution in [0.1, 0.15) is 121 Å². The number of rotatable bonds is 77. The van der Waals surface area contributed by atoms with Crippen molar-refractivity contribution in [3.05, 3.63) is 126 Å². The number of carboxylic acids is 2. The molecule has 0 aliphatic carbocycles. The Hall–Kier alpha value is -9.46. The van der Waals surface area contributed by atoms with Gasteiger partial charge in [-0.15, -0.1) is 0 Å². The van der Waals surface area contributed by atoms with Gasteiger partial charge in [0, 0.05) is 71.3 Å². The summed E-state index contributed by atoms with van der Waals surface area (Å²) < 4.78 is 110. The molecular weight excluding hydrogens is 1800 g/mol. The highest BCUT2D eigenvalue weighted by molar-refractivity contribution is 7.58. The summed E-state index contributed by atoms with van der Waals surface area (Å²) in [5.74, 6) is -11.8. The molecule has 0 bridgehead atoms. The van der Waals surface area contributed by atoms with Gasteiger partial charge in [0.2, 0.25) is 60.5 Å². The molecule has 0 aromatic heterocycles. The fraction of sp³-hybridized carbons (Fsp3) is 0.593. The van der Waals surface area contributed by atoms with Crippen molar-refractivity contribution in [2.24, 2.45) is 5.92 Å². The number of hydrogen-bond acceptors (Lipinski definition) is 29. The SMILES string of the molecule is CCCCCCCCCCNC(=O)COCCOCCOCCOCC(=O)NC(CC(=O)NCCOCCOCCOC)C(=O)NCCOCCOCCOCCC(=O)NC(CO)C(=O)NC(CO)C(=O)NC(Cc1ccccc1)C(=O)NC(c1ccc(OP(=O)(O)O)cc1)P(=O)(Oc1ccccc1)Oc1ccccc1.CCCNC(=O)CCP(=O)(O)CC(CCC(=O)O)C(=O)O. The number of carbonyl (C=O) groups excluding carboxylic acids is 9. The first kappa shape index (κ1) is 117. The summed E-state index contributed by atoms with van der Waals surface area (Å²) in [7, 11) is -12.0. The predicted molar refractivity (Wildman–Crippen MR) is 479 cm³/mol. The summed E-state index contributed by atoms with van der Waals surface area (Å²) in [4.78, 5) is 168. The number of ether oxygens (including phenoxy) is 10. The van der Waals surface area contributed by atoms with E-state index in [1.807, 2.05) is 6.92 Å². The second-order valence-electron chi connectivity index (χ2n) is 29.5. The van der Waals surface area contributed by atoms with Crippen molar-refractivity contribution in [3.8, 4) is 17.2 Å². The van der Waals surface area contributed by atoms with Gasteiger partial charge in [-0.3, -0.25) is 67.1 Å². The number of carbonyl (C=O) groups is 11. The molecule has 43 nitrogen and oxygen atoms in total. The molecule has 0 heterocycles. The number of benzene rings is 4. The topological polar surface area (TPSA) is 609 Å². The molecule has 742 valence electrons. The van der Waals surface area contributed by atoms with Crippen molar-refractivity contribution in [2.45, 2.75) is 140 Å². The van der Waals surface area contributed by atoms with Crippen LogP contribution in [-0.2, 0) is 120 Å². The largest absolute Gasteiger partial charge is 0.524 e. The van der Waals surface area contributed by atoms with Crippen LogP contribution < -0.4 is 61.4 Å². The van der Waals surface area contributed by atoms with Gasteiger partial charge in [0.15, 0.2) is 5.78 Å². The number of aliphatic hydroxyl groups is 2. The van der Waals surface area contributed by atoms with Gasteiger partial charge >= 0.3 is 27.4 Å². The van der Waals surface area contributed by atoms with Crippen molar-refractivity contribution < 1.29 is 162 Å². The van der Waals surface area contributed by atoms with E-state index in [0.29, 0.717) is 38.5 Å². The third-order valence-corrected chi connectivity index (χ3v) is 22.8. The maximum Gasteiger partial charge on any atom is 0.524 e. The molecule has 0 spiro atoms. The second kappa shape index (κ2) is 71.2. The van der Waals surface area contributed by atoms with E-state index in [4.69, 9.17) is 71.2 Å². The van der Waals surface area contributed by atoms with E-state index in [2.05, 4.69) is 54.8 Å². The molecule has 0 aliphatic heterocycles. The number of nitrogens with one attached hydrogen (secondary N) is 9. The Morgan fingerprint density at radius 2 is 0.818 bits per heavy atom. The van der Waals surface area contributed by atoms with Gasteiger partial charge in [-0.1, -0.05) is 138 Å². The van der Waals surface area contributed by atoms with E-state index in [9.17, 15) is 86.8 Å². The highest BCUT2D eigenvalue weighted by Crippen LogP contribution is 2.59. The summed E-state index contributed by atoms with van der Waals surface area (Å²) in [6, 6.07) is 22.6. The maximum absolute atomic E-state index is 15.4. The van der Waals surface area contributed by atoms with Crippen molar-refractivity contribution >= 4 is 87.9 Å². The molecular formula is C86H134N9O34P3.